The molecule has 1 aliphatic rings. The lowest BCUT2D eigenvalue weighted by atomic mass is 10.2. The third-order valence-corrected chi connectivity index (χ3v) is 3.82. The minimum absolute atomic E-state index is 0.0394. The molecule has 0 aliphatic carbocycles. The molecule has 1 aromatic heterocycles. The standard InChI is InChI=1S/C16H19N3O4/c1-17-13-11-6-2-3-7-12(11)23-15(20)14(13)19-16(21)18-9-10-5-4-8-22-10/h2-3,6-7,10,17H,4-5,8-9H2,1H3,(H2,18,19,21)/t10-/m1/s1. The van der Waals surface area contributed by atoms with Crippen LogP contribution in [0.15, 0.2) is 33.5 Å². The predicted octanol–water partition coefficient (Wildman–Crippen LogP) is 2.14. The maximum Gasteiger partial charge on any atom is 0.362 e. The fraction of sp³-hybridized carbons (Fsp3) is 0.375. The molecule has 7 nitrogen and oxygen atoms in total. The monoisotopic (exact) mass is 317 g/mol. The molecule has 3 rings (SSSR count). The van der Waals surface area contributed by atoms with Gasteiger partial charge in [-0.3, -0.25) is 5.32 Å². The van der Waals surface area contributed by atoms with Crippen LogP contribution in [0.1, 0.15) is 12.8 Å². The largest absolute Gasteiger partial charge is 0.421 e. The van der Waals surface area contributed by atoms with Crippen molar-refractivity contribution in [2.75, 3.05) is 30.8 Å². The van der Waals surface area contributed by atoms with Gasteiger partial charge in [-0.1, -0.05) is 12.1 Å². The summed E-state index contributed by atoms with van der Waals surface area (Å²) < 4.78 is 10.7. The number of nitrogens with one attached hydrogen (secondary N) is 3. The molecule has 2 aromatic rings. The van der Waals surface area contributed by atoms with E-state index in [-0.39, 0.29) is 11.8 Å². The maximum absolute atomic E-state index is 12.1. The molecule has 0 bridgehead atoms. The van der Waals surface area contributed by atoms with Gasteiger partial charge in [0.2, 0.25) is 0 Å². The summed E-state index contributed by atoms with van der Waals surface area (Å²) in [6, 6.07) is 6.69. The third kappa shape index (κ3) is 3.29. The summed E-state index contributed by atoms with van der Waals surface area (Å²) in [6.45, 7) is 1.14. The van der Waals surface area contributed by atoms with Crippen LogP contribution in [0.5, 0.6) is 0 Å². The van der Waals surface area contributed by atoms with E-state index >= 15 is 0 Å². The molecule has 0 saturated carbocycles. The van der Waals surface area contributed by atoms with E-state index in [1.54, 1.807) is 19.2 Å². The van der Waals surface area contributed by atoms with Gasteiger partial charge in [-0.15, -0.1) is 0 Å². The number of urea groups is 1. The van der Waals surface area contributed by atoms with Crippen LogP contribution in [0.2, 0.25) is 0 Å². The lowest BCUT2D eigenvalue weighted by molar-refractivity contribution is 0.112. The Morgan fingerprint density at radius 2 is 2.13 bits per heavy atom. The first kappa shape index (κ1) is 15.4. The van der Waals surface area contributed by atoms with Crippen molar-refractivity contribution in [3.8, 4) is 0 Å². The second-order valence-electron chi connectivity index (χ2n) is 5.36. The molecule has 1 saturated heterocycles. The van der Waals surface area contributed by atoms with Gasteiger partial charge in [0.1, 0.15) is 5.58 Å². The molecule has 3 N–H and O–H groups in total. The van der Waals surface area contributed by atoms with E-state index in [0.29, 0.717) is 17.8 Å². The Bertz CT molecular complexity index is 765. The number of hydrogen-bond acceptors (Lipinski definition) is 5. The van der Waals surface area contributed by atoms with E-state index < -0.39 is 11.7 Å². The number of hydrogen-bond donors (Lipinski definition) is 3. The smallest absolute Gasteiger partial charge is 0.362 e. The number of amides is 2. The first-order valence-electron chi connectivity index (χ1n) is 7.59. The molecule has 7 heteroatoms. The zero-order chi connectivity index (χ0) is 16.2. The second-order valence-corrected chi connectivity index (χ2v) is 5.36. The number of fused-ring (bicyclic) bond motifs is 1. The Morgan fingerprint density at radius 3 is 2.87 bits per heavy atom. The van der Waals surface area contributed by atoms with Crippen LogP contribution < -0.4 is 21.6 Å². The van der Waals surface area contributed by atoms with Crippen LogP contribution in [0.3, 0.4) is 0 Å². The zero-order valence-electron chi connectivity index (χ0n) is 12.8. The summed E-state index contributed by atoms with van der Waals surface area (Å²) in [4.78, 5) is 24.2. The van der Waals surface area contributed by atoms with Crippen molar-refractivity contribution in [1.29, 1.82) is 0 Å². The molecule has 2 amide bonds. The van der Waals surface area contributed by atoms with Gasteiger partial charge < -0.3 is 19.8 Å². The lowest BCUT2D eigenvalue weighted by Gasteiger charge is -2.14. The highest BCUT2D eigenvalue weighted by Crippen LogP contribution is 2.27. The van der Waals surface area contributed by atoms with Crippen molar-refractivity contribution in [1.82, 2.24) is 5.32 Å². The third-order valence-electron chi connectivity index (χ3n) is 3.82. The van der Waals surface area contributed by atoms with Crippen LogP contribution in [-0.2, 0) is 4.74 Å². The topological polar surface area (TPSA) is 92.6 Å². The number of para-hydroxylation sites is 1. The van der Waals surface area contributed by atoms with Crippen LogP contribution in [0, 0.1) is 0 Å². The first-order valence-corrected chi connectivity index (χ1v) is 7.59. The number of anilines is 2. The van der Waals surface area contributed by atoms with Crippen LogP contribution >= 0.6 is 0 Å². The van der Waals surface area contributed by atoms with Gasteiger partial charge in [0.05, 0.1) is 11.8 Å². The van der Waals surface area contributed by atoms with Crippen LogP contribution in [-0.4, -0.2) is 32.3 Å². The highest BCUT2D eigenvalue weighted by atomic mass is 16.5. The summed E-state index contributed by atoms with van der Waals surface area (Å²) in [7, 11) is 1.69. The van der Waals surface area contributed by atoms with Gasteiger partial charge in [0, 0.05) is 25.6 Å². The predicted molar refractivity (Wildman–Crippen MR) is 88.0 cm³/mol. The summed E-state index contributed by atoms with van der Waals surface area (Å²) in [5.74, 6) is 0. The lowest BCUT2D eigenvalue weighted by Crippen LogP contribution is -2.36. The molecule has 0 unspecified atom stereocenters. The van der Waals surface area contributed by atoms with E-state index in [1.165, 1.54) is 0 Å². The Balaban J connectivity index is 1.79. The summed E-state index contributed by atoms with van der Waals surface area (Å²) in [5, 5.41) is 8.97. The van der Waals surface area contributed by atoms with Crippen molar-refractivity contribution < 1.29 is 13.9 Å². The summed E-state index contributed by atoms with van der Waals surface area (Å²) >= 11 is 0. The average molecular weight is 317 g/mol. The van der Waals surface area contributed by atoms with Gasteiger partial charge in [0.15, 0.2) is 5.69 Å². The Kier molecular flexibility index (Phi) is 4.47. The molecule has 122 valence electrons. The fourth-order valence-corrected chi connectivity index (χ4v) is 2.69. The van der Waals surface area contributed by atoms with E-state index in [9.17, 15) is 9.59 Å². The Morgan fingerprint density at radius 1 is 1.30 bits per heavy atom. The second kappa shape index (κ2) is 6.70. The molecule has 23 heavy (non-hydrogen) atoms. The molecule has 0 spiro atoms. The van der Waals surface area contributed by atoms with Crippen molar-refractivity contribution in [3.05, 3.63) is 34.7 Å². The first-order chi connectivity index (χ1) is 11.2. The highest BCUT2D eigenvalue weighted by Gasteiger charge is 2.18. The van der Waals surface area contributed by atoms with Crippen molar-refractivity contribution in [3.63, 3.8) is 0 Å². The number of rotatable bonds is 4. The Hall–Kier alpha value is -2.54. The summed E-state index contributed by atoms with van der Waals surface area (Å²) in [5.41, 5.74) is 0.493. The van der Waals surface area contributed by atoms with E-state index in [2.05, 4.69) is 16.0 Å². The maximum atomic E-state index is 12.1. The number of carbonyl (C=O) groups is 1. The SMILES string of the molecule is CNc1c(NC(=O)NC[C@H]2CCCO2)c(=O)oc2ccccc12. The molecule has 1 aliphatic heterocycles. The highest BCUT2D eigenvalue weighted by molar-refractivity contribution is 6.01. The molecule has 1 atom stereocenters. The normalized spacial score (nSPS) is 17.2. The molecular formula is C16H19N3O4. The fourth-order valence-electron chi connectivity index (χ4n) is 2.69. The molecular weight excluding hydrogens is 298 g/mol. The molecule has 1 aromatic carbocycles. The minimum Gasteiger partial charge on any atom is -0.421 e. The number of benzene rings is 1. The van der Waals surface area contributed by atoms with Gasteiger partial charge in [-0.25, -0.2) is 9.59 Å². The molecule has 1 fully saturated rings. The summed E-state index contributed by atoms with van der Waals surface area (Å²) in [6.07, 6.45) is 1.98. The van der Waals surface area contributed by atoms with E-state index in [4.69, 9.17) is 9.15 Å². The van der Waals surface area contributed by atoms with Gasteiger partial charge in [-0.05, 0) is 25.0 Å². The van der Waals surface area contributed by atoms with Crippen molar-refractivity contribution in [2.24, 2.45) is 0 Å². The zero-order valence-corrected chi connectivity index (χ0v) is 12.8. The van der Waals surface area contributed by atoms with Gasteiger partial charge in [-0.2, -0.15) is 0 Å². The number of ether oxygens (including phenoxy) is 1. The average Bonchev–Trinajstić information content (AvgIpc) is 3.07. The van der Waals surface area contributed by atoms with E-state index in [1.807, 2.05) is 12.1 Å². The minimum atomic E-state index is -0.597. The van der Waals surface area contributed by atoms with Gasteiger partial charge in [0.25, 0.3) is 0 Å². The molecule has 0 radical (unpaired) electrons. The van der Waals surface area contributed by atoms with Crippen molar-refractivity contribution >= 4 is 28.4 Å². The quantitative estimate of drug-likeness (QED) is 0.751. The van der Waals surface area contributed by atoms with Crippen LogP contribution in [0.25, 0.3) is 11.0 Å². The molecule has 2 heterocycles. The number of carbonyl (C=O) groups excluding carboxylic acids is 1. The Labute approximate surface area is 133 Å². The van der Waals surface area contributed by atoms with Crippen LogP contribution in [0.4, 0.5) is 16.2 Å². The van der Waals surface area contributed by atoms with Gasteiger partial charge >= 0.3 is 11.7 Å². The van der Waals surface area contributed by atoms with Crippen molar-refractivity contribution in [2.45, 2.75) is 18.9 Å². The van der Waals surface area contributed by atoms with E-state index in [0.717, 1.165) is 24.8 Å².